The number of hydrogen-bond acceptors (Lipinski definition) is 2. The van der Waals surface area contributed by atoms with Gasteiger partial charge >= 0.3 is 0 Å². The Kier molecular flexibility index (Phi) is 4.47. The highest BCUT2D eigenvalue weighted by molar-refractivity contribution is 5.46. The van der Waals surface area contributed by atoms with Crippen molar-refractivity contribution in [2.45, 2.75) is 40.3 Å². The lowest BCUT2D eigenvalue weighted by Crippen LogP contribution is -2.03. The molecule has 1 aromatic heterocycles. The Morgan fingerprint density at radius 2 is 1.90 bits per heavy atom. The summed E-state index contributed by atoms with van der Waals surface area (Å²) in [6.45, 7) is 8.34. The summed E-state index contributed by atoms with van der Waals surface area (Å²) in [6.07, 6.45) is 0.470. The van der Waals surface area contributed by atoms with E-state index >= 15 is 0 Å². The van der Waals surface area contributed by atoms with Crippen molar-refractivity contribution in [3.05, 3.63) is 52.8 Å². The number of aryl methyl sites for hydroxylation is 1. The molecular weight excluding hydrogens is 246 g/mol. The predicted molar refractivity (Wildman–Crippen MR) is 82.7 cm³/mol. The van der Waals surface area contributed by atoms with Gasteiger partial charge in [0.2, 0.25) is 0 Å². The summed E-state index contributed by atoms with van der Waals surface area (Å²) in [5.41, 5.74) is 6.13. The molecule has 0 bridgehead atoms. The van der Waals surface area contributed by atoms with Crippen LogP contribution in [0.15, 0.2) is 30.3 Å². The Hall–Kier alpha value is -2.21. The number of benzene rings is 1. The van der Waals surface area contributed by atoms with E-state index in [2.05, 4.69) is 42.8 Å². The molecule has 0 fully saturated rings. The van der Waals surface area contributed by atoms with Crippen LogP contribution in [0.1, 0.15) is 29.4 Å². The third kappa shape index (κ3) is 3.03. The van der Waals surface area contributed by atoms with Crippen molar-refractivity contribution in [3.63, 3.8) is 0 Å². The van der Waals surface area contributed by atoms with E-state index in [-0.39, 0.29) is 0 Å². The van der Waals surface area contributed by atoms with Gasteiger partial charge in [0.1, 0.15) is 0 Å². The van der Waals surface area contributed by atoms with Gasteiger partial charge in [0.05, 0.1) is 12.5 Å². The van der Waals surface area contributed by atoms with Crippen LogP contribution in [0.3, 0.4) is 0 Å². The zero-order chi connectivity index (χ0) is 14.5. The largest absolute Gasteiger partial charge is 0.381 e. The highest BCUT2D eigenvalue weighted by Gasteiger charge is 2.07. The van der Waals surface area contributed by atoms with Crippen LogP contribution in [0.25, 0.3) is 0 Å². The van der Waals surface area contributed by atoms with Crippen LogP contribution in [-0.4, -0.2) is 4.57 Å². The van der Waals surface area contributed by atoms with Gasteiger partial charge in [-0.25, -0.2) is 0 Å². The van der Waals surface area contributed by atoms with E-state index < -0.39 is 0 Å². The van der Waals surface area contributed by atoms with E-state index in [4.69, 9.17) is 5.26 Å². The molecule has 2 aromatic rings. The summed E-state index contributed by atoms with van der Waals surface area (Å²) in [6, 6.07) is 12.5. The highest BCUT2D eigenvalue weighted by atomic mass is 15.0. The number of anilines is 1. The van der Waals surface area contributed by atoms with Crippen LogP contribution < -0.4 is 5.32 Å². The summed E-state index contributed by atoms with van der Waals surface area (Å²) in [7, 11) is 0. The van der Waals surface area contributed by atoms with E-state index in [1.807, 2.05) is 24.3 Å². The quantitative estimate of drug-likeness (QED) is 0.895. The van der Waals surface area contributed by atoms with Gasteiger partial charge in [0.15, 0.2) is 0 Å². The van der Waals surface area contributed by atoms with Gasteiger partial charge < -0.3 is 9.88 Å². The molecule has 0 amide bonds. The van der Waals surface area contributed by atoms with Gasteiger partial charge in [-0.05, 0) is 50.1 Å². The summed E-state index contributed by atoms with van der Waals surface area (Å²) < 4.78 is 2.33. The Balaban J connectivity index is 2.03. The number of hydrogen-bond donors (Lipinski definition) is 1. The van der Waals surface area contributed by atoms with E-state index in [9.17, 15) is 0 Å². The van der Waals surface area contributed by atoms with Gasteiger partial charge in [-0.15, -0.1) is 0 Å². The first-order valence-corrected chi connectivity index (χ1v) is 7.01. The molecule has 0 saturated heterocycles. The highest BCUT2D eigenvalue weighted by Crippen LogP contribution is 2.17. The maximum atomic E-state index is 8.66. The fourth-order valence-electron chi connectivity index (χ4n) is 2.57. The first kappa shape index (κ1) is 14.2. The lowest BCUT2D eigenvalue weighted by Gasteiger charge is -2.08. The lowest BCUT2D eigenvalue weighted by atomic mass is 10.1. The molecule has 0 aliphatic rings. The minimum Gasteiger partial charge on any atom is -0.381 e. The first-order valence-electron chi connectivity index (χ1n) is 7.01. The average Bonchev–Trinajstić information content (AvgIpc) is 2.72. The molecule has 2 rings (SSSR count). The van der Waals surface area contributed by atoms with Crippen LogP contribution in [0, 0.1) is 25.2 Å². The smallest absolute Gasteiger partial charge is 0.0669 e. The number of aromatic nitrogens is 1. The molecule has 0 spiro atoms. The molecule has 0 unspecified atom stereocenters. The summed E-state index contributed by atoms with van der Waals surface area (Å²) in [5, 5.41) is 12.1. The zero-order valence-electron chi connectivity index (χ0n) is 12.4. The normalized spacial score (nSPS) is 10.3. The number of nitriles is 1. The van der Waals surface area contributed by atoms with E-state index in [1.165, 1.54) is 17.0 Å². The van der Waals surface area contributed by atoms with Crippen molar-refractivity contribution in [3.8, 4) is 6.07 Å². The monoisotopic (exact) mass is 267 g/mol. The van der Waals surface area contributed by atoms with E-state index in [0.717, 1.165) is 24.3 Å². The van der Waals surface area contributed by atoms with E-state index in [1.54, 1.807) is 0 Å². The molecular formula is C17H21N3. The molecule has 20 heavy (non-hydrogen) atoms. The maximum absolute atomic E-state index is 8.66. The number of nitrogens with zero attached hydrogens (tertiary/aromatic N) is 2. The third-order valence-corrected chi connectivity index (χ3v) is 3.71. The Morgan fingerprint density at radius 1 is 1.20 bits per heavy atom. The standard InChI is InChI=1S/C17H21N3/c1-4-20-13(2)11-16(14(20)3)12-19-17-7-5-15(6-8-17)9-10-18/h5-8,11,19H,4,9,12H2,1-3H3. The topological polar surface area (TPSA) is 40.8 Å². The van der Waals surface area contributed by atoms with Gasteiger partial charge in [-0.1, -0.05) is 12.1 Å². The maximum Gasteiger partial charge on any atom is 0.0669 e. The van der Waals surface area contributed by atoms with Crippen molar-refractivity contribution in [1.29, 1.82) is 5.26 Å². The number of nitrogens with one attached hydrogen (secondary N) is 1. The zero-order valence-corrected chi connectivity index (χ0v) is 12.4. The fraction of sp³-hybridized carbons (Fsp3) is 0.353. The van der Waals surface area contributed by atoms with Crippen molar-refractivity contribution >= 4 is 5.69 Å². The molecule has 0 atom stereocenters. The molecule has 0 aliphatic heterocycles. The molecule has 0 radical (unpaired) electrons. The van der Waals surface area contributed by atoms with Gasteiger partial charge in [-0.3, -0.25) is 0 Å². The molecule has 1 heterocycles. The summed E-state index contributed by atoms with van der Waals surface area (Å²) in [4.78, 5) is 0. The minimum atomic E-state index is 0.470. The molecule has 3 heteroatoms. The second-order valence-corrected chi connectivity index (χ2v) is 5.03. The van der Waals surface area contributed by atoms with Gasteiger partial charge in [0, 0.05) is 30.2 Å². The van der Waals surface area contributed by atoms with Gasteiger partial charge in [0.25, 0.3) is 0 Å². The van der Waals surface area contributed by atoms with Gasteiger partial charge in [-0.2, -0.15) is 5.26 Å². The molecule has 1 N–H and O–H groups in total. The fourth-order valence-corrected chi connectivity index (χ4v) is 2.57. The molecule has 0 aliphatic carbocycles. The van der Waals surface area contributed by atoms with Crippen LogP contribution in [0.4, 0.5) is 5.69 Å². The molecule has 104 valence electrons. The minimum absolute atomic E-state index is 0.470. The molecule has 3 nitrogen and oxygen atoms in total. The van der Waals surface area contributed by atoms with Crippen molar-refractivity contribution in [2.75, 3.05) is 5.32 Å². The lowest BCUT2D eigenvalue weighted by molar-refractivity contribution is 0.715. The summed E-state index contributed by atoms with van der Waals surface area (Å²) >= 11 is 0. The Bertz CT molecular complexity index is 615. The predicted octanol–water partition coefficient (Wildman–Crippen LogP) is 3.80. The second-order valence-electron chi connectivity index (χ2n) is 5.03. The second kappa shape index (κ2) is 6.29. The summed E-state index contributed by atoms with van der Waals surface area (Å²) in [5.74, 6) is 0. The average molecular weight is 267 g/mol. The van der Waals surface area contributed by atoms with Crippen LogP contribution in [0.5, 0.6) is 0 Å². The molecule has 0 saturated carbocycles. The third-order valence-electron chi connectivity index (χ3n) is 3.71. The molecule has 1 aromatic carbocycles. The first-order chi connectivity index (χ1) is 9.65. The van der Waals surface area contributed by atoms with Crippen LogP contribution in [0.2, 0.25) is 0 Å². The van der Waals surface area contributed by atoms with Crippen LogP contribution >= 0.6 is 0 Å². The van der Waals surface area contributed by atoms with Crippen molar-refractivity contribution in [2.24, 2.45) is 0 Å². The Labute approximate surface area is 120 Å². The van der Waals surface area contributed by atoms with Crippen LogP contribution in [-0.2, 0) is 19.5 Å². The van der Waals surface area contributed by atoms with Crippen molar-refractivity contribution < 1.29 is 0 Å². The SMILES string of the molecule is CCn1c(C)cc(CNc2ccc(CC#N)cc2)c1C. The Morgan fingerprint density at radius 3 is 2.45 bits per heavy atom. The van der Waals surface area contributed by atoms with Crippen molar-refractivity contribution in [1.82, 2.24) is 4.57 Å². The van der Waals surface area contributed by atoms with E-state index in [0.29, 0.717) is 6.42 Å². The number of rotatable bonds is 5.